The topological polar surface area (TPSA) is 79.2 Å². The molecule has 0 bridgehead atoms. The number of hydrogen-bond donors (Lipinski definition) is 2. The second-order valence-electron chi connectivity index (χ2n) is 3.57. The molecular formula is C10H10BNO5S. The Kier molecular flexibility index (Phi) is 3.47. The van der Waals surface area contributed by atoms with Crippen molar-refractivity contribution in [2.24, 2.45) is 0 Å². The summed E-state index contributed by atoms with van der Waals surface area (Å²) >= 11 is 1.22. The van der Waals surface area contributed by atoms with E-state index in [9.17, 15) is 15.0 Å². The Labute approximate surface area is 108 Å². The van der Waals surface area contributed by atoms with E-state index in [-0.39, 0.29) is 11.9 Å². The molecule has 0 saturated carbocycles. The molecule has 2 heterocycles. The summed E-state index contributed by atoms with van der Waals surface area (Å²) in [5.41, 5.74) is 0.534. The smallest absolute Gasteiger partial charge is 0.494 e. The first-order valence-corrected chi connectivity index (χ1v) is 5.87. The zero-order chi connectivity index (χ0) is 13.1. The first-order chi connectivity index (χ1) is 8.58. The van der Waals surface area contributed by atoms with Crippen molar-refractivity contribution in [2.75, 3.05) is 7.05 Å². The molecule has 1 aromatic heterocycles. The van der Waals surface area contributed by atoms with E-state index in [1.165, 1.54) is 28.6 Å². The number of carbonyl (C=O) groups excluding carboxylic acids is 1. The SMILES string of the molecule is CN1C=C(O)OB(c2csc(C=O)c2)OC(O)=C1. The third-order valence-electron chi connectivity index (χ3n) is 2.11. The van der Waals surface area contributed by atoms with Crippen molar-refractivity contribution in [1.29, 1.82) is 0 Å². The standard InChI is InChI=1S/C10H10BNO5S/c1-12-3-9(14)16-11(17-10(15)4-12)7-2-8(5-13)18-6-7/h2-6,14-15H,1H3. The molecule has 6 nitrogen and oxygen atoms in total. The van der Waals surface area contributed by atoms with Gasteiger partial charge in [-0.15, -0.1) is 11.3 Å². The molecule has 1 aliphatic heterocycles. The number of rotatable bonds is 2. The predicted molar refractivity (Wildman–Crippen MR) is 66.5 cm³/mol. The average molecular weight is 267 g/mol. The molecule has 2 N–H and O–H groups in total. The molecule has 0 unspecified atom stereocenters. The van der Waals surface area contributed by atoms with E-state index in [0.717, 1.165) is 0 Å². The minimum absolute atomic E-state index is 0.356. The van der Waals surface area contributed by atoms with Gasteiger partial charge in [0, 0.05) is 12.5 Å². The first kappa shape index (κ1) is 12.4. The maximum Gasteiger partial charge on any atom is 0.637 e. The Morgan fingerprint density at radius 3 is 2.44 bits per heavy atom. The van der Waals surface area contributed by atoms with Crippen molar-refractivity contribution in [3.05, 3.63) is 40.6 Å². The minimum atomic E-state index is -1.00. The van der Waals surface area contributed by atoms with Gasteiger partial charge in [0.25, 0.3) is 11.9 Å². The number of aliphatic hydroxyl groups is 2. The molecule has 1 aliphatic rings. The fraction of sp³-hybridized carbons (Fsp3) is 0.100. The summed E-state index contributed by atoms with van der Waals surface area (Å²) in [4.78, 5) is 12.5. The molecule has 0 fully saturated rings. The van der Waals surface area contributed by atoms with Gasteiger partial charge in [-0.25, -0.2) is 0 Å². The fourth-order valence-corrected chi connectivity index (χ4v) is 2.09. The Bertz CT molecular complexity index is 490. The number of aldehydes is 1. The number of aliphatic hydroxyl groups excluding tert-OH is 2. The largest absolute Gasteiger partial charge is 0.637 e. The molecule has 0 atom stereocenters. The number of thiophene rings is 1. The van der Waals surface area contributed by atoms with Gasteiger partial charge in [-0.2, -0.15) is 0 Å². The van der Waals surface area contributed by atoms with Crippen LogP contribution in [0.25, 0.3) is 0 Å². The van der Waals surface area contributed by atoms with E-state index < -0.39 is 7.12 Å². The minimum Gasteiger partial charge on any atom is -0.494 e. The van der Waals surface area contributed by atoms with Crippen molar-refractivity contribution < 1.29 is 24.3 Å². The second-order valence-corrected chi connectivity index (χ2v) is 4.51. The van der Waals surface area contributed by atoms with Crippen LogP contribution in [0, 0.1) is 0 Å². The molecule has 0 amide bonds. The van der Waals surface area contributed by atoms with Crippen molar-refractivity contribution in [3.8, 4) is 0 Å². The summed E-state index contributed by atoms with van der Waals surface area (Å²) in [7, 11) is 0.588. The lowest BCUT2D eigenvalue weighted by molar-refractivity contribution is 0.112. The van der Waals surface area contributed by atoms with Crippen LogP contribution in [0.3, 0.4) is 0 Å². The van der Waals surface area contributed by atoms with Gasteiger partial charge < -0.3 is 24.4 Å². The lowest BCUT2D eigenvalue weighted by atomic mass is 9.81. The summed E-state index contributed by atoms with van der Waals surface area (Å²) in [6.45, 7) is 0. The van der Waals surface area contributed by atoms with Crippen LogP contribution in [0.15, 0.2) is 35.7 Å². The van der Waals surface area contributed by atoms with E-state index in [4.69, 9.17) is 9.31 Å². The lowest BCUT2D eigenvalue weighted by Gasteiger charge is -2.19. The monoisotopic (exact) mass is 267 g/mol. The van der Waals surface area contributed by atoms with Crippen LogP contribution in [0.4, 0.5) is 0 Å². The molecule has 1 aromatic rings. The highest BCUT2D eigenvalue weighted by molar-refractivity contribution is 7.12. The third-order valence-corrected chi connectivity index (χ3v) is 2.99. The van der Waals surface area contributed by atoms with Crippen molar-refractivity contribution in [1.82, 2.24) is 4.90 Å². The fourth-order valence-electron chi connectivity index (χ4n) is 1.38. The number of hydrogen-bond acceptors (Lipinski definition) is 7. The van der Waals surface area contributed by atoms with Gasteiger partial charge >= 0.3 is 7.12 Å². The van der Waals surface area contributed by atoms with Crippen LogP contribution in [0.2, 0.25) is 0 Å². The Morgan fingerprint density at radius 2 is 1.94 bits per heavy atom. The molecule has 94 valence electrons. The highest BCUT2D eigenvalue weighted by atomic mass is 32.1. The van der Waals surface area contributed by atoms with Crippen LogP contribution in [0.5, 0.6) is 0 Å². The molecule has 0 radical (unpaired) electrons. The Balaban J connectivity index is 2.25. The zero-order valence-electron chi connectivity index (χ0n) is 9.44. The molecule has 0 aliphatic carbocycles. The van der Waals surface area contributed by atoms with Crippen LogP contribution in [-0.4, -0.2) is 35.6 Å². The lowest BCUT2D eigenvalue weighted by Crippen LogP contribution is -2.37. The van der Waals surface area contributed by atoms with Crippen molar-refractivity contribution >= 4 is 30.2 Å². The third kappa shape index (κ3) is 2.78. The van der Waals surface area contributed by atoms with Gasteiger partial charge in [-0.3, -0.25) is 4.79 Å². The van der Waals surface area contributed by atoms with Crippen molar-refractivity contribution in [3.63, 3.8) is 0 Å². The van der Waals surface area contributed by atoms with Gasteiger partial charge in [-0.1, -0.05) is 0 Å². The number of nitrogens with zero attached hydrogens (tertiary/aromatic N) is 1. The zero-order valence-corrected chi connectivity index (χ0v) is 10.3. The summed E-state index contributed by atoms with van der Waals surface area (Å²) in [6.07, 6.45) is 3.26. The summed E-state index contributed by atoms with van der Waals surface area (Å²) in [5.74, 6) is -0.713. The molecule has 0 aromatic carbocycles. The van der Waals surface area contributed by atoms with Gasteiger partial charge in [0.15, 0.2) is 6.29 Å². The normalized spacial score (nSPS) is 15.8. The molecule has 8 heteroatoms. The van der Waals surface area contributed by atoms with Crippen LogP contribution < -0.4 is 5.46 Å². The summed E-state index contributed by atoms with van der Waals surface area (Å²) < 4.78 is 10.2. The van der Waals surface area contributed by atoms with Crippen molar-refractivity contribution in [2.45, 2.75) is 0 Å². The number of carbonyl (C=O) groups is 1. The van der Waals surface area contributed by atoms with E-state index in [0.29, 0.717) is 16.6 Å². The maximum absolute atomic E-state index is 10.6. The average Bonchev–Trinajstić information content (AvgIpc) is 2.74. The van der Waals surface area contributed by atoms with Gasteiger partial charge in [0.1, 0.15) is 0 Å². The molecule has 2 rings (SSSR count). The van der Waals surface area contributed by atoms with Gasteiger partial charge in [0.2, 0.25) is 0 Å². The first-order valence-electron chi connectivity index (χ1n) is 4.99. The van der Waals surface area contributed by atoms with Gasteiger partial charge in [0.05, 0.1) is 17.3 Å². The maximum atomic E-state index is 10.6. The molecular weight excluding hydrogens is 257 g/mol. The van der Waals surface area contributed by atoms with Crippen LogP contribution in [0.1, 0.15) is 9.67 Å². The molecule has 18 heavy (non-hydrogen) atoms. The summed E-state index contributed by atoms with van der Waals surface area (Å²) in [5, 5.41) is 20.7. The highest BCUT2D eigenvalue weighted by Gasteiger charge is 2.30. The molecule has 0 spiro atoms. The Hall–Kier alpha value is -2.09. The van der Waals surface area contributed by atoms with Crippen LogP contribution in [-0.2, 0) is 9.31 Å². The van der Waals surface area contributed by atoms with E-state index in [1.807, 2.05) is 0 Å². The second kappa shape index (κ2) is 5.05. The Morgan fingerprint density at radius 1 is 1.33 bits per heavy atom. The quantitative estimate of drug-likeness (QED) is 0.613. The highest BCUT2D eigenvalue weighted by Crippen LogP contribution is 2.12. The van der Waals surface area contributed by atoms with Crippen LogP contribution >= 0.6 is 11.3 Å². The summed E-state index contributed by atoms with van der Waals surface area (Å²) in [6, 6.07) is 1.56. The van der Waals surface area contributed by atoms with Gasteiger partial charge in [-0.05, 0) is 11.4 Å². The van der Waals surface area contributed by atoms with E-state index in [2.05, 4.69) is 0 Å². The van der Waals surface area contributed by atoms with E-state index >= 15 is 0 Å². The van der Waals surface area contributed by atoms with E-state index in [1.54, 1.807) is 18.5 Å². The predicted octanol–water partition coefficient (Wildman–Crippen LogP) is 0.948. The molecule has 0 saturated heterocycles.